The summed E-state index contributed by atoms with van der Waals surface area (Å²) in [5.41, 5.74) is 6.02. The molecule has 1 unspecified atom stereocenters. The van der Waals surface area contributed by atoms with Crippen molar-refractivity contribution in [2.24, 2.45) is 11.1 Å². The molecule has 1 atom stereocenters. The third-order valence-corrected chi connectivity index (χ3v) is 4.70. The molecule has 0 radical (unpaired) electrons. The summed E-state index contributed by atoms with van der Waals surface area (Å²) in [5, 5.41) is 3.19. The van der Waals surface area contributed by atoms with Crippen LogP contribution in [-0.4, -0.2) is 31.7 Å². The van der Waals surface area contributed by atoms with Crippen LogP contribution in [-0.2, 0) is 9.53 Å². The summed E-state index contributed by atoms with van der Waals surface area (Å²) in [6.07, 6.45) is 9.62. The highest BCUT2D eigenvalue weighted by molar-refractivity contribution is 5.77. The van der Waals surface area contributed by atoms with Gasteiger partial charge in [-0.3, -0.25) is 4.79 Å². The summed E-state index contributed by atoms with van der Waals surface area (Å²) in [6.45, 7) is 2.25. The Labute approximate surface area is 116 Å². The highest BCUT2D eigenvalue weighted by atomic mass is 16.5. The summed E-state index contributed by atoms with van der Waals surface area (Å²) in [4.78, 5) is 12.2. The van der Waals surface area contributed by atoms with Gasteiger partial charge in [0, 0.05) is 25.7 Å². The second kappa shape index (κ2) is 7.25. The van der Waals surface area contributed by atoms with Crippen molar-refractivity contribution < 1.29 is 9.53 Å². The minimum atomic E-state index is 0.0730. The number of amides is 1. The van der Waals surface area contributed by atoms with Gasteiger partial charge in [-0.25, -0.2) is 0 Å². The predicted molar refractivity (Wildman–Crippen MR) is 75.8 cm³/mol. The van der Waals surface area contributed by atoms with Crippen LogP contribution in [0.2, 0.25) is 0 Å². The smallest absolute Gasteiger partial charge is 0.220 e. The monoisotopic (exact) mass is 268 g/mol. The molecule has 4 nitrogen and oxygen atoms in total. The predicted octanol–water partition coefficient (Wildman–Crippen LogP) is 1.97. The van der Waals surface area contributed by atoms with E-state index in [4.69, 9.17) is 10.5 Å². The number of carbonyl (C=O) groups is 1. The van der Waals surface area contributed by atoms with Crippen LogP contribution in [0.5, 0.6) is 0 Å². The SMILES string of the molecule is NCC1(CC(=O)NC2CCCOCC2)CCCCC1. The van der Waals surface area contributed by atoms with Gasteiger partial charge >= 0.3 is 0 Å². The maximum Gasteiger partial charge on any atom is 0.220 e. The summed E-state index contributed by atoms with van der Waals surface area (Å²) >= 11 is 0. The Kier molecular flexibility index (Phi) is 5.64. The fourth-order valence-electron chi connectivity index (χ4n) is 3.42. The van der Waals surface area contributed by atoms with Crippen LogP contribution < -0.4 is 11.1 Å². The van der Waals surface area contributed by atoms with Crippen LogP contribution in [0.15, 0.2) is 0 Å². The van der Waals surface area contributed by atoms with Crippen molar-refractivity contribution in [1.82, 2.24) is 5.32 Å². The van der Waals surface area contributed by atoms with Gasteiger partial charge in [0.25, 0.3) is 0 Å². The van der Waals surface area contributed by atoms with E-state index in [0.29, 0.717) is 19.0 Å². The zero-order valence-electron chi connectivity index (χ0n) is 12.0. The van der Waals surface area contributed by atoms with E-state index < -0.39 is 0 Å². The Hall–Kier alpha value is -0.610. The largest absolute Gasteiger partial charge is 0.381 e. The van der Waals surface area contributed by atoms with E-state index in [0.717, 1.165) is 45.3 Å². The lowest BCUT2D eigenvalue weighted by molar-refractivity contribution is -0.124. The quantitative estimate of drug-likeness (QED) is 0.819. The lowest BCUT2D eigenvalue weighted by Gasteiger charge is -2.36. The summed E-state index contributed by atoms with van der Waals surface area (Å²) in [6, 6.07) is 0.299. The first-order valence-electron chi connectivity index (χ1n) is 7.81. The molecule has 0 bridgehead atoms. The molecular formula is C15H28N2O2. The van der Waals surface area contributed by atoms with Gasteiger partial charge in [0.05, 0.1) is 0 Å². The highest BCUT2D eigenvalue weighted by Gasteiger charge is 2.33. The van der Waals surface area contributed by atoms with Gasteiger partial charge in [-0.1, -0.05) is 19.3 Å². The molecule has 3 N–H and O–H groups in total. The highest BCUT2D eigenvalue weighted by Crippen LogP contribution is 2.38. The molecule has 4 heteroatoms. The average Bonchev–Trinajstić information content (AvgIpc) is 2.68. The van der Waals surface area contributed by atoms with Gasteiger partial charge in [-0.05, 0) is 44.1 Å². The zero-order chi connectivity index (χ0) is 13.6. The van der Waals surface area contributed by atoms with Crippen LogP contribution in [0.4, 0.5) is 0 Å². The second-order valence-corrected chi connectivity index (χ2v) is 6.25. The molecule has 1 aliphatic carbocycles. The number of nitrogens with one attached hydrogen (secondary N) is 1. The molecule has 0 aromatic carbocycles. The van der Waals surface area contributed by atoms with Gasteiger partial charge < -0.3 is 15.8 Å². The Balaban J connectivity index is 1.81. The van der Waals surface area contributed by atoms with Gasteiger partial charge in [-0.2, -0.15) is 0 Å². The van der Waals surface area contributed by atoms with Crippen LogP contribution in [0, 0.1) is 5.41 Å². The molecule has 2 aliphatic rings. The minimum Gasteiger partial charge on any atom is -0.381 e. The van der Waals surface area contributed by atoms with Crippen LogP contribution in [0.25, 0.3) is 0 Å². The summed E-state index contributed by atoms with van der Waals surface area (Å²) < 4.78 is 5.43. The van der Waals surface area contributed by atoms with Crippen molar-refractivity contribution in [3.05, 3.63) is 0 Å². The number of ether oxygens (including phenoxy) is 1. The van der Waals surface area contributed by atoms with E-state index in [1.807, 2.05) is 0 Å². The Morgan fingerprint density at radius 1 is 1.16 bits per heavy atom. The lowest BCUT2D eigenvalue weighted by Crippen LogP contribution is -2.42. The summed E-state index contributed by atoms with van der Waals surface area (Å²) in [7, 11) is 0. The fraction of sp³-hybridized carbons (Fsp3) is 0.933. The number of carbonyl (C=O) groups excluding carboxylic acids is 1. The fourth-order valence-corrected chi connectivity index (χ4v) is 3.42. The summed E-state index contributed by atoms with van der Waals surface area (Å²) in [5.74, 6) is 0.194. The van der Waals surface area contributed by atoms with E-state index in [2.05, 4.69) is 5.32 Å². The van der Waals surface area contributed by atoms with Crippen LogP contribution in [0.1, 0.15) is 57.8 Å². The normalized spacial score (nSPS) is 27.5. The molecule has 0 aromatic rings. The molecular weight excluding hydrogens is 240 g/mol. The van der Waals surface area contributed by atoms with Crippen molar-refractivity contribution in [2.45, 2.75) is 63.8 Å². The van der Waals surface area contributed by atoms with Gasteiger partial charge in [-0.15, -0.1) is 0 Å². The van der Waals surface area contributed by atoms with Crippen molar-refractivity contribution >= 4 is 5.91 Å². The van der Waals surface area contributed by atoms with E-state index >= 15 is 0 Å². The van der Waals surface area contributed by atoms with Gasteiger partial charge in [0.2, 0.25) is 5.91 Å². The number of nitrogens with two attached hydrogens (primary N) is 1. The number of hydrogen-bond acceptors (Lipinski definition) is 3. The molecule has 1 heterocycles. The Bertz CT molecular complexity index is 280. The first kappa shape index (κ1) is 14.8. The van der Waals surface area contributed by atoms with Crippen molar-refractivity contribution in [2.75, 3.05) is 19.8 Å². The molecule has 1 saturated heterocycles. The molecule has 2 fully saturated rings. The molecule has 110 valence electrons. The van der Waals surface area contributed by atoms with E-state index in [9.17, 15) is 4.79 Å². The van der Waals surface area contributed by atoms with E-state index in [1.165, 1.54) is 19.3 Å². The van der Waals surface area contributed by atoms with E-state index in [-0.39, 0.29) is 11.3 Å². The van der Waals surface area contributed by atoms with Crippen molar-refractivity contribution in [1.29, 1.82) is 0 Å². The number of hydrogen-bond donors (Lipinski definition) is 2. The number of rotatable bonds is 4. The molecule has 1 saturated carbocycles. The third-order valence-electron chi connectivity index (χ3n) is 4.70. The molecule has 0 spiro atoms. The Morgan fingerprint density at radius 3 is 2.68 bits per heavy atom. The first-order valence-corrected chi connectivity index (χ1v) is 7.81. The maximum atomic E-state index is 12.2. The second-order valence-electron chi connectivity index (χ2n) is 6.25. The van der Waals surface area contributed by atoms with Crippen LogP contribution >= 0.6 is 0 Å². The van der Waals surface area contributed by atoms with Gasteiger partial charge in [0.1, 0.15) is 0 Å². The average molecular weight is 268 g/mol. The maximum absolute atomic E-state index is 12.2. The first-order chi connectivity index (χ1) is 9.24. The molecule has 1 aliphatic heterocycles. The topological polar surface area (TPSA) is 64.4 Å². The van der Waals surface area contributed by atoms with Gasteiger partial charge in [0.15, 0.2) is 0 Å². The molecule has 0 aromatic heterocycles. The molecule has 2 rings (SSSR count). The standard InChI is InChI=1S/C15H28N2O2/c16-12-15(7-2-1-3-8-15)11-14(18)17-13-5-4-9-19-10-6-13/h13H,1-12,16H2,(H,17,18). The zero-order valence-corrected chi connectivity index (χ0v) is 12.0. The lowest BCUT2D eigenvalue weighted by atomic mass is 9.71. The van der Waals surface area contributed by atoms with Crippen molar-refractivity contribution in [3.8, 4) is 0 Å². The van der Waals surface area contributed by atoms with Crippen LogP contribution in [0.3, 0.4) is 0 Å². The molecule has 1 amide bonds. The minimum absolute atomic E-state index is 0.0730. The van der Waals surface area contributed by atoms with Crippen molar-refractivity contribution in [3.63, 3.8) is 0 Å². The third kappa shape index (κ3) is 4.46. The van der Waals surface area contributed by atoms with E-state index in [1.54, 1.807) is 0 Å². The molecule has 19 heavy (non-hydrogen) atoms. The Morgan fingerprint density at radius 2 is 1.95 bits per heavy atom.